The van der Waals surface area contributed by atoms with E-state index in [0.29, 0.717) is 12.2 Å². The predicted octanol–water partition coefficient (Wildman–Crippen LogP) is 15.3. The van der Waals surface area contributed by atoms with Crippen molar-refractivity contribution in [2.24, 2.45) is 47.3 Å². The van der Waals surface area contributed by atoms with Crippen molar-refractivity contribution in [1.82, 2.24) is 0 Å². The molecule has 0 radical (unpaired) electrons. The summed E-state index contributed by atoms with van der Waals surface area (Å²) in [6, 6.07) is 0. The van der Waals surface area contributed by atoms with E-state index in [1.54, 1.807) is 12.8 Å². The standard InChI is InChI=1S/C46H86O/c1-5-7-9-13-41(35-43-23-19-37(3)20-24-43)17-11-15-39-27-31-45(32-28-39)47-46-33-29-40(30-34-46)16-12-18-42(14-10-8-6-2)36-44-25-21-38(4)22-26-44/h37-46H,5-36H2,1-4H3. The maximum absolute atomic E-state index is 6.81. The third-order valence-electron chi connectivity index (χ3n) is 14.5. The second-order valence-corrected chi connectivity index (χ2v) is 18.7. The first-order valence-electron chi connectivity index (χ1n) is 22.7. The zero-order chi connectivity index (χ0) is 33.1. The van der Waals surface area contributed by atoms with Gasteiger partial charge in [-0.15, -0.1) is 0 Å². The molecule has 4 saturated carbocycles. The molecule has 0 heterocycles. The molecule has 4 aliphatic rings. The van der Waals surface area contributed by atoms with Crippen LogP contribution in [0.3, 0.4) is 0 Å². The Morgan fingerprint density at radius 1 is 0.404 bits per heavy atom. The van der Waals surface area contributed by atoms with Gasteiger partial charge < -0.3 is 4.74 Å². The molecule has 276 valence electrons. The molecule has 1 heteroatoms. The smallest absolute Gasteiger partial charge is 0.0579 e. The molecule has 4 rings (SSSR count). The van der Waals surface area contributed by atoms with Gasteiger partial charge >= 0.3 is 0 Å². The third kappa shape index (κ3) is 16.2. The molecule has 0 spiro atoms. The fourth-order valence-corrected chi connectivity index (χ4v) is 11.0. The molecule has 1 nitrogen and oxygen atoms in total. The van der Waals surface area contributed by atoms with Crippen molar-refractivity contribution in [3.05, 3.63) is 0 Å². The topological polar surface area (TPSA) is 9.23 Å². The van der Waals surface area contributed by atoms with E-state index in [0.717, 1.165) is 47.3 Å². The van der Waals surface area contributed by atoms with Crippen molar-refractivity contribution in [2.75, 3.05) is 0 Å². The summed E-state index contributed by atoms with van der Waals surface area (Å²) in [7, 11) is 0. The zero-order valence-electron chi connectivity index (χ0n) is 32.8. The summed E-state index contributed by atoms with van der Waals surface area (Å²) < 4.78 is 6.81. The van der Waals surface area contributed by atoms with Crippen molar-refractivity contribution in [3.63, 3.8) is 0 Å². The van der Waals surface area contributed by atoms with E-state index in [1.165, 1.54) is 193 Å². The van der Waals surface area contributed by atoms with Gasteiger partial charge in [0.05, 0.1) is 12.2 Å². The molecule has 0 aromatic carbocycles. The summed E-state index contributed by atoms with van der Waals surface area (Å²) in [4.78, 5) is 0. The first kappa shape index (κ1) is 39.7. The molecule has 2 atom stereocenters. The van der Waals surface area contributed by atoms with Crippen LogP contribution in [0.5, 0.6) is 0 Å². The molecule has 0 saturated heterocycles. The van der Waals surface area contributed by atoms with E-state index in [-0.39, 0.29) is 0 Å². The fourth-order valence-electron chi connectivity index (χ4n) is 11.0. The van der Waals surface area contributed by atoms with Crippen LogP contribution in [0.15, 0.2) is 0 Å². The highest BCUT2D eigenvalue weighted by atomic mass is 16.5. The summed E-state index contributed by atoms with van der Waals surface area (Å²) >= 11 is 0. The van der Waals surface area contributed by atoms with Crippen molar-refractivity contribution in [1.29, 1.82) is 0 Å². The molecule has 0 aromatic heterocycles. The van der Waals surface area contributed by atoms with E-state index in [1.807, 2.05) is 0 Å². The van der Waals surface area contributed by atoms with Gasteiger partial charge in [-0.1, -0.05) is 169 Å². The van der Waals surface area contributed by atoms with Crippen molar-refractivity contribution < 1.29 is 4.74 Å². The van der Waals surface area contributed by atoms with E-state index in [2.05, 4.69) is 27.7 Å². The zero-order valence-corrected chi connectivity index (χ0v) is 32.8. The molecule has 2 unspecified atom stereocenters. The van der Waals surface area contributed by atoms with Gasteiger partial charge in [0.15, 0.2) is 0 Å². The average molecular weight is 655 g/mol. The van der Waals surface area contributed by atoms with E-state index in [9.17, 15) is 0 Å². The first-order chi connectivity index (χ1) is 23.0. The van der Waals surface area contributed by atoms with Crippen molar-refractivity contribution in [2.45, 2.75) is 245 Å². The summed E-state index contributed by atoms with van der Waals surface area (Å²) in [5.74, 6) is 8.11. The van der Waals surface area contributed by atoms with Gasteiger partial charge in [0, 0.05) is 0 Å². The summed E-state index contributed by atoms with van der Waals surface area (Å²) in [5, 5.41) is 0. The number of ether oxygens (including phenoxy) is 1. The Hall–Kier alpha value is -0.0400. The van der Waals surface area contributed by atoms with Crippen LogP contribution in [0.4, 0.5) is 0 Å². The minimum atomic E-state index is 0.579. The second kappa shape index (κ2) is 23.4. The lowest BCUT2D eigenvalue weighted by Gasteiger charge is -2.35. The Labute approximate surface area is 296 Å². The molecule has 0 bridgehead atoms. The molecule has 4 fully saturated rings. The molecule has 0 N–H and O–H groups in total. The van der Waals surface area contributed by atoms with Crippen LogP contribution in [0, 0.1) is 47.3 Å². The molecular weight excluding hydrogens is 569 g/mol. The lowest BCUT2D eigenvalue weighted by atomic mass is 9.76. The quantitative estimate of drug-likeness (QED) is 0.106. The van der Waals surface area contributed by atoms with Gasteiger partial charge in [-0.2, -0.15) is 0 Å². The first-order valence-corrected chi connectivity index (χ1v) is 22.7. The third-order valence-corrected chi connectivity index (χ3v) is 14.5. The Morgan fingerprint density at radius 2 is 0.745 bits per heavy atom. The number of hydrogen-bond donors (Lipinski definition) is 0. The van der Waals surface area contributed by atoms with Crippen LogP contribution in [-0.4, -0.2) is 12.2 Å². The van der Waals surface area contributed by atoms with Crippen LogP contribution in [0.25, 0.3) is 0 Å². The lowest BCUT2D eigenvalue weighted by Crippen LogP contribution is -2.30. The summed E-state index contributed by atoms with van der Waals surface area (Å²) in [6.07, 6.45) is 48.2. The Bertz CT molecular complexity index is 666. The van der Waals surface area contributed by atoms with Crippen molar-refractivity contribution in [3.8, 4) is 0 Å². The van der Waals surface area contributed by atoms with Gasteiger partial charge in [-0.25, -0.2) is 0 Å². The Kier molecular flexibility index (Phi) is 19.8. The van der Waals surface area contributed by atoms with E-state index in [4.69, 9.17) is 4.74 Å². The van der Waals surface area contributed by atoms with Crippen LogP contribution in [-0.2, 0) is 4.74 Å². The molecule has 4 aliphatic carbocycles. The average Bonchev–Trinajstić information content (AvgIpc) is 3.08. The molecule has 47 heavy (non-hydrogen) atoms. The van der Waals surface area contributed by atoms with Crippen LogP contribution in [0.2, 0.25) is 0 Å². The highest BCUT2D eigenvalue weighted by Crippen LogP contribution is 2.39. The molecule has 0 amide bonds. The minimum absolute atomic E-state index is 0.579. The SMILES string of the molecule is CCCCCC(CCCC1CCC(OC2CCC(CCCC(CCCCC)CC3CCC(C)CC3)CC2)CC1)CC1CCC(C)CC1. The maximum Gasteiger partial charge on any atom is 0.0579 e. The van der Waals surface area contributed by atoms with E-state index < -0.39 is 0 Å². The predicted molar refractivity (Wildman–Crippen MR) is 207 cm³/mol. The highest BCUT2D eigenvalue weighted by Gasteiger charge is 2.28. The van der Waals surface area contributed by atoms with Gasteiger partial charge in [-0.3, -0.25) is 0 Å². The van der Waals surface area contributed by atoms with E-state index >= 15 is 0 Å². The number of rotatable bonds is 22. The van der Waals surface area contributed by atoms with Gasteiger partial charge in [0.1, 0.15) is 0 Å². The normalized spacial score (nSPS) is 33.4. The molecule has 0 aromatic rings. The largest absolute Gasteiger partial charge is 0.375 e. The minimum Gasteiger partial charge on any atom is -0.375 e. The van der Waals surface area contributed by atoms with Gasteiger partial charge in [0.25, 0.3) is 0 Å². The highest BCUT2D eigenvalue weighted by molar-refractivity contribution is 4.80. The number of unbranched alkanes of at least 4 members (excludes halogenated alkanes) is 4. The Morgan fingerprint density at radius 3 is 1.11 bits per heavy atom. The van der Waals surface area contributed by atoms with Crippen LogP contribution in [0.1, 0.15) is 233 Å². The van der Waals surface area contributed by atoms with Gasteiger partial charge in [-0.05, 0) is 112 Å². The molecular formula is C46H86O. The van der Waals surface area contributed by atoms with Crippen LogP contribution < -0.4 is 0 Å². The second-order valence-electron chi connectivity index (χ2n) is 18.7. The van der Waals surface area contributed by atoms with Gasteiger partial charge in [0.2, 0.25) is 0 Å². The number of hydrogen-bond acceptors (Lipinski definition) is 1. The summed E-state index contributed by atoms with van der Waals surface area (Å²) in [5.41, 5.74) is 0. The maximum atomic E-state index is 6.81. The summed E-state index contributed by atoms with van der Waals surface area (Å²) in [6.45, 7) is 9.69. The van der Waals surface area contributed by atoms with Crippen LogP contribution >= 0.6 is 0 Å². The molecule has 0 aliphatic heterocycles. The fraction of sp³-hybridized carbons (Fsp3) is 1.00. The Balaban J connectivity index is 1.05. The monoisotopic (exact) mass is 655 g/mol. The van der Waals surface area contributed by atoms with Crippen molar-refractivity contribution >= 4 is 0 Å². The lowest BCUT2D eigenvalue weighted by molar-refractivity contribution is -0.0573.